The minimum Gasteiger partial charge on any atom is -0.370 e. The van der Waals surface area contributed by atoms with Crippen molar-refractivity contribution in [3.05, 3.63) is 0 Å². The number of hydrogen-bond donors (Lipinski definition) is 6. The first-order valence-electron chi connectivity index (χ1n) is 9.30. The quantitative estimate of drug-likeness (QED) is 0.0889. The van der Waals surface area contributed by atoms with E-state index < -0.39 is 29.9 Å². The van der Waals surface area contributed by atoms with E-state index in [4.69, 9.17) is 22.9 Å². The number of guanidine groups is 1. The predicted molar refractivity (Wildman–Crippen MR) is 106 cm³/mol. The van der Waals surface area contributed by atoms with Crippen molar-refractivity contribution in [3.8, 4) is 0 Å². The molecule has 10 nitrogen and oxygen atoms in total. The summed E-state index contributed by atoms with van der Waals surface area (Å²) < 4.78 is 0. The molecule has 3 atom stereocenters. The molecule has 0 radical (unpaired) electrons. The molecule has 0 fully saturated rings. The highest BCUT2D eigenvalue weighted by Crippen LogP contribution is 2.06. The Bertz CT molecular complexity index is 493. The van der Waals surface area contributed by atoms with Crippen LogP contribution in [0.4, 0.5) is 0 Å². The Labute approximate surface area is 160 Å². The lowest BCUT2D eigenvalue weighted by atomic mass is 10.0. The second-order valence-electron chi connectivity index (χ2n) is 6.82. The number of nitrogens with two attached hydrogens (primary N) is 4. The summed E-state index contributed by atoms with van der Waals surface area (Å²) >= 11 is 0. The fourth-order valence-electron chi connectivity index (χ4n) is 2.40. The molecule has 2 amide bonds. The molecule has 10 heteroatoms. The van der Waals surface area contributed by atoms with E-state index in [0.717, 1.165) is 12.8 Å². The van der Waals surface area contributed by atoms with Gasteiger partial charge in [-0.05, 0) is 44.6 Å². The number of amides is 2. The van der Waals surface area contributed by atoms with E-state index in [9.17, 15) is 14.4 Å². The lowest BCUT2D eigenvalue weighted by Gasteiger charge is -2.25. The average molecular weight is 386 g/mol. The Morgan fingerprint density at radius 2 is 1.70 bits per heavy atom. The van der Waals surface area contributed by atoms with Crippen LogP contribution in [0.3, 0.4) is 0 Å². The van der Waals surface area contributed by atoms with Crippen LogP contribution >= 0.6 is 0 Å². The van der Waals surface area contributed by atoms with Crippen LogP contribution in [0.25, 0.3) is 0 Å². The lowest BCUT2D eigenvalue weighted by molar-refractivity contribution is -0.131. The number of nitrogens with one attached hydrogen (secondary N) is 2. The molecule has 0 aliphatic heterocycles. The number of carbonyl (C=O) groups excluding carboxylic acids is 3. The van der Waals surface area contributed by atoms with Gasteiger partial charge in [-0.3, -0.25) is 14.6 Å². The van der Waals surface area contributed by atoms with E-state index >= 15 is 0 Å². The third kappa shape index (κ3) is 11.2. The third-order valence-electron chi connectivity index (χ3n) is 4.01. The minimum atomic E-state index is -0.779. The maximum atomic E-state index is 12.5. The maximum Gasteiger partial charge on any atom is 0.243 e. The Hall–Kier alpha value is -2.20. The molecule has 0 aliphatic rings. The molecule has 0 rings (SSSR count). The molecule has 156 valence electrons. The number of aliphatic imine (C=N–C) groups is 1. The van der Waals surface area contributed by atoms with E-state index in [-0.39, 0.29) is 11.9 Å². The largest absolute Gasteiger partial charge is 0.370 e. The molecular formula is C17H35N7O3. The fourth-order valence-corrected chi connectivity index (χ4v) is 2.40. The standard InChI is InChI=1S/C17H35N7O3/c1-11(2)14(16(27)23-12(10-25)6-3-4-8-18)24-15(26)13(19)7-5-9-22-17(20)21/h10-14H,3-9,18-19H2,1-2H3,(H,23,27)(H,24,26)(H4,20,21,22)/t12-,13-,14-/m0/s1. The van der Waals surface area contributed by atoms with Crippen LogP contribution in [0.15, 0.2) is 4.99 Å². The van der Waals surface area contributed by atoms with E-state index in [1.165, 1.54) is 0 Å². The summed E-state index contributed by atoms with van der Waals surface area (Å²) in [6, 6.07) is -2.16. The normalized spacial score (nSPS) is 14.1. The van der Waals surface area contributed by atoms with Crippen molar-refractivity contribution in [2.75, 3.05) is 13.1 Å². The molecule has 0 heterocycles. The van der Waals surface area contributed by atoms with Gasteiger partial charge >= 0.3 is 0 Å². The number of rotatable bonds is 14. The van der Waals surface area contributed by atoms with Gasteiger partial charge in [0.15, 0.2) is 5.96 Å². The number of unbranched alkanes of at least 4 members (excludes halogenated alkanes) is 1. The highest BCUT2D eigenvalue weighted by molar-refractivity contribution is 5.90. The van der Waals surface area contributed by atoms with Crippen molar-refractivity contribution >= 4 is 24.1 Å². The zero-order chi connectivity index (χ0) is 20.8. The van der Waals surface area contributed by atoms with Gasteiger partial charge < -0.3 is 38.4 Å². The number of hydrogen-bond acceptors (Lipinski definition) is 6. The van der Waals surface area contributed by atoms with Gasteiger partial charge in [0.25, 0.3) is 0 Å². The molecule has 0 unspecified atom stereocenters. The monoisotopic (exact) mass is 385 g/mol. The van der Waals surface area contributed by atoms with Crippen molar-refractivity contribution in [2.45, 2.75) is 64.1 Å². The molecule has 0 aliphatic carbocycles. The summed E-state index contributed by atoms with van der Waals surface area (Å²) in [5, 5.41) is 5.33. The Morgan fingerprint density at radius 1 is 1.04 bits per heavy atom. The molecule has 0 spiro atoms. The summed E-state index contributed by atoms with van der Waals surface area (Å²) in [6.45, 7) is 4.52. The van der Waals surface area contributed by atoms with Crippen LogP contribution in [0, 0.1) is 5.92 Å². The summed E-state index contributed by atoms with van der Waals surface area (Å²) in [7, 11) is 0. The van der Waals surface area contributed by atoms with Crippen LogP contribution in [0.5, 0.6) is 0 Å². The molecule has 0 aromatic heterocycles. The SMILES string of the molecule is CC(C)[C@H](NC(=O)[C@@H](N)CCCN=C(N)N)C(=O)N[C@H](C=O)CCCCN. The van der Waals surface area contributed by atoms with Crippen molar-refractivity contribution in [3.63, 3.8) is 0 Å². The Balaban J connectivity index is 4.63. The van der Waals surface area contributed by atoms with Gasteiger partial charge in [-0.25, -0.2) is 0 Å². The molecule has 0 saturated heterocycles. The molecule has 10 N–H and O–H groups in total. The summed E-state index contributed by atoms with van der Waals surface area (Å²) in [5.74, 6) is -1.02. The molecule has 0 bridgehead atoms. The number of nitrogens with zero attached hydrogens (tertiary/aromatic N) is 1. The van der Waals surface area contributed by atoms with Crippen LogP contribution in [-0.4, -0.2) is 55.3 Å². The number of carbonyl (C=O) groups is 3. The summed E-state index contributed by atoms with van der Waals surface area (Å²) in [6.07, 6.45) is 3.64. The molecule has 0 aromatic carbocycles. The topological polar surface area (TPSA) is 192 Å². The number of aldehydes is 1. The predicted octanol–water partition coefficient (Wildman–Crippen LogP) is -1.68. The Kier molecular flexibility index (Phi) is 12.8. The van der Waals surface area contributed by atoms with Gasteiger partial charge in [-0.1, -0.05) is 13.8 Å². The van der Waals surface area contributed by atoms with Gasteiger partial charge in [0.2, 0.25) is 11.8 Å². The van der Waals surface area contributed by atoms with Crippen molar-refractivity contribution < 1.29 is 14.4 Å². The van der Waals surface area contributed by atoms with E-state index in [1.807, 2.05) is 0 Å². The van der Waals surface area contributed by atoms with E-state index in [1.54, 1.807) is 13.8 Å². The first-order valence-corrected chi connectivity index (χ1v) is 9.30. The summed E-state index contributed by atoms with van der Waals surface area (Å²) in [5.41, 5.74) is 21.8. The molecule has 0 aromatic rings. The van der Waals surface area contributed by atoms with Crippen molar-refractivity contribution in [2.24, 2.45) is 33.8 Å². The van der Waals surface area contributed by atoms with Crippen molar-refractivity contribution in [1.29, 1.82) is 0 Å². The molecule has 27 heavy (non-hydrogen) atoms. The fraction of sp³-hybridized carbons (Fsp3) is 0.765. The highest BCUT2D eigenvalue weighted by atomic mass is 16.2. The van der Waals surface area contributed by atoms with Crippen LogP contribution in [-0.2, 0) is 14.4 Å². The zero-order valence-electron chi connectivity index (χ0n) is 16.3. The van der Waals surface area contributed by atoms with Gasteiger partial charge in [-0.15, -0.1) is 0 Å². The second-order valence-corrected chi connectivity index (χ2v) is 6.82. The van der Waals surface area contributed by atoms with Crippen LogP contribution in [0.2, 0.25) is 0 Å². The zero-order valence-corrected chi connectivity index (χ0v) is 16.3. The minimum absolute atomic E-state index is 0.0132. The lowest BCUT2D eigenvalue weighted by Crippen LogP contribution is -2.55. The third-order valence-corrected chi connectivity index (χ3v) is 4.01. The molecular weight excluding hydrogens is 350 g/mol. The maximum absolute atomic E-state index is 12.5. The van der Waals surface area contributed by atoms with Crippen LogP contribution in [0.1, 0.15) is 46.0 Å². The van der Waals surface area contributed by atoms with Gasteiger partial charge in [0.1, 0.15) is 12.3 Å². The van der Waals surface area contributed by atoms with Crippen LogP contribution < -0.4 is 33.6 Å². The smallest absolute Gasteiger partial charge is 0.243 e. The summed E-state index contributed by atoms with van der Waals surface area (Å²) in [4.78, 5) is 39.8. The van der Waals surface area contributed by atoms with E-state index in [0.29, 0.717) is 38.6 Å². The molecule has 0 saturated carbocycles. The van der Waals surface area contributed by atoms with Crippen molar-refractivity contribution in [1.82, 2.24) is 10.6 Å². The Morgan fingerprint density at radius 3 is 2.22 bits per heavy atom. The first-order chi connectivity index (χ1) is 12.7. The second kappa shape index (κ2) is 13.9. The first kappa shape index (κ1) is 24.8. The van der Waals surface area contributed by atoms with Gasteiger partial charge in [0.05, 0.1) is 12.1 Å². The van der Waals surface area contributed by atoms with Gasteiger partial charge in [-0.2, -0.15) is 0 Å². The highest BCUT2D eigenvalue weighted by Gasteiger charge is 2.27. The van der Waals surface area contributed by atoms with E-state index in [2.05, 4.69) is 15.6 Å². The average Bonchev–Trinajstić information content (AvgIpc) is 2.61. The van der Waals surface area contributed by atoms with Gasteiger partial charge in [0, 0.05) is 6.54 Å².